The van der Waals surface area contributed by atoms with Crippen molar-refractivity contribution in [3.63, 3.8) is 0 Å². The van der Waals surface area contributed by atoms with Gasteiger partial charge in [0.15, 0.2) is 10.8 Å². The fourth-order valence-electron chi connectivity index (χ4n) is 5.30. The van der Waals surface area contributed by atoms with Crippen LogP contribution < -0.4 is 0 Å². The smallest absolute Gasteiger partial charge is 0.181 e. The van der Waals surface area contributed by atoms with E-state index in [1.54, 1.807) is 0 Å². The Morgan fingerprint density at radius 1 is 1.13 bits per heavy atom. The van der Waals surface area contributed by atoms with Gasteiger partial charge < -0.3 is 4.98 Å². The van der Waals surface area contributed by atoms with E-state index in [2.05, 4.69) is 62.9 Å². The first-order chi connectivity index (χ1) is 18.6. The summed E-state index contributed by atoms with van der Waals surface area (Å²) in [4.78, 5) is 11.6. The molecule has 6 rings (SSSR count). The standard InChI is InChI=1S/C31H30FN5S/c1-3-20(19-37-13-6-5-7-14-37)15-21(4-2)22-16-25-30(35-36-31(25)33-18-22)27-17-24-23(9-8-10-26(24)34-27)28-11-12-29(32)38-28/h3-4,8-12,15-18,34H,1,5-7,13-14,19H2,2H3,(H,33,35,36)/b20-15+,21-4+. The van der Waals surface area contributed by atoms with Crippen molar-refractivity contribution in [2.75, 3.05) is 19.6 Å². The third kappa shape index (κ3) is 4.75. The van der Waals surface area contributed by atoms with E-state index in [1.807, 2.05) is 36.5 Å². The highest BCUT2D eigenvalue weighted by Gasteiger charge is 2.16. The van der Waals surface area contributed by atoms with E-state index in [9.17, 15) is 4.39 Å². The summed E-state index contributed by atoms with van der Waals surface area (Å²) in [6.45, 7) is 9.35. The topological polar surface area (TPSA) is 60.6 Å². The van der Waals surface area contributed by atoms with Crippen molar-refractivity contribution in [3.05, 3.63) is 89.7 Å². The first-order valence-electron chi connectivity index (χ1n) is 13.1. The molecule has 0 saturated carbocycles. The van der Waals surface area contributed by atoms with Crippen molar-refractivity contribution in [1.82, 2.24) is 25.1 Å². The molecule has 7 heteroatoms. The minimum Gasteiger partial charge on any atom is -0.353 e. The van der Waals surface area contributed by atoms with E-state index in [4.69, 9.17) is 0 Å². The van der Waals surface area contributed by atoms with Gasteiger partial charge >= 0.3 is 0 Å². The van der Waals surface area contributed by atoms with Gasteiger partial charge in [-0.05, 0) is 74.3 Å². The van der Waals surface area contributed by atoms with Crippen LogP contribution in [0.3, 0.4) is 0 Å². The van der Waals surface area contributed by atoms with Crippen molar-refractivity contribution >= 4 is 38.8 Å². The lowest BCUT2D eigenvalue weighted by atomic mass is 10.0. The molecule has 1 aliphatic rings. The molecule has 0 aliphatic carbocycles. The highest BCUT2D eigenvalue weighted by Crippen LogP contribution is 2.36. The molecule has 0 amide bonds. The lowest BCUT2D eigenvalue weighted by Crippen LogP contribution is -2.31. The largest absolute Gasteiger partial charge is 0.353 e. The molecular formula is C31H30FN5S. The highest BCUT2D eigenvalue weighted by molar-refractivity contribution is 7.14. The molecule has 192 valence electrons. The van der Waals surface area contributed by atoms with Crippen molar-refractivity contribution < 1.29 is 4.39 Å². The van der Waals surface area contributed by atoms with Crippen LogP contribution in [0.4, 0.5) is 4.39 Å². The van der Waals surface area contributed by atoms with E-state index in [1.165, 1.54) is 30.9 Å². The average Bonchev–Trinajstić information content (AvgIpc) is 3.68. The molecule has 2 N–H and O–H groups in total. The number of aromatic amines is 2. The van der Waals surface area contributed by atoms with Gasteiger partial charge in [-0.3, -0.25) is 10.00 Å². The lowest BCUT2D eigenvalue weighted by molar-refractivity contribution is 0.248. The van der Waals surface area contributed by atoms with Crippen LogP contribution in [0.1, 0.15) is 31.7 Å². The van der Waals surface area contributed by atoms with Crippen LogP contribution in [0.2, 0.25) is 0 Å². The number of nitrogens with zero attached hydrogens (tertiary/aromatic N) is 3. The Labute approximate surface area is 225 Å². The highest BCUT2D eigenvalue weighted by atomic mass is 32.1. The predicted molar refractivity (Wildman–Crippen MR) is 157 cm³/mol. The number of benzene rings is 1. The molecular weight excluding hydrogens is 493 g/mol. The summed E-state index contributed by atoms with van der Waals surface area (Å²) >= 11 is 1.16. The molecule has 0 unspecified atom stereocenters. The number of H-pyrrole nitrogens is 2. The zero-order valence-electron chi connectivity index (χ0n) is 21.4. The maximum absolute atomic E-state index is 13.7. The monoisotopic (exact) mass is 523 g/mol. The number of thiophene rings is 1. The van der Waals surface area contributed by atoms with Crippen LogP contribution in [-0.4, -0.2) is 44.7 Å². The first-order valence-corrected chi connectivity index (χ1v) is 13.9. The summed E-state index contributed by atoms with van der Waals surface area (Å²) in [6.07, 6.45) is 12.1. The average molecular weight is 524 g/mol. The van der Waals surface area contributed by atoms with Crippen LogP contribution in [0, 0.1) is 5.13 Å². The first kappa shape index (κ1) is 24.5. The summed E-state index contributed by atoms with van der Waals surface area (Å²) in [5, 5.41) is 9.46. The number of hydrogen-bond donors (Lipinski definition) is 2. The zero-order valence-corrected chi connectivity index (χ0v) is 22.2. The molecule has 0 atom stereocenters. The van der Waals surface area contributed by atoms with Gasteiger partial charge in [0.25, 0.3) is 0 Å². The van der Waals surface area contributed by atoms with Gasteiger partial charge in [-0.1, -0.05) is 43.4 Å². The van der Waals surface area contributed by atoms with Gasteiger partial charge in [0, 0.05) is 45.0 Å². The minimum atomic E-state index is -0.185. The lowest BCUT2D eigenvalue weighted by Gasteiger charge is -2.26. The van der Waals surface area contributed by atoms with Gasteiger partial charge in [-0.2, -0.15) is 9.49 Å². The molecule has 0 bridgehead atoms. The van der Waals surface area contributed by atoms with Gasteiger partial charge in [-0.15, -0.1) is 11.3 Å². The van der Waals surface area contributed by atoms with Crippen LogP contribution in [0.25, 0.3) is 49.3 Å². The third-order valence-electron chi connectivity index (χ3n) is 7.28. The fraction of sp³-hybridized carbons (Fsp3) is 0.226. The number of allylic oxidation sites excluding steroid dienone is 3. The summed E-state index contributed by atoms with van der Waals surface area (Å²) < 4.78 is 13.7. The number of likely N-dealkylation sites (tertiary alicyclic amines) is 1. The van der Waals surface area contributed by atoms with Crippen LogP contribution in [-0.2, 0) is 0 Å². The van der Waals surface area contributed by atoms with Crippen molar-refractivity contribution in [2.24, 2.45) is 0 Å². The maximum Gasteiger partial charge on any atom is 0.181 e. The van der Waals surface area contributed by atoms with Crippen LogP contribution in [0.15, 0.2) is 79.0 Å². The Morgan fingerprint density at radius 3 is 2.76 bits per heavy atom. The van der Waals surface area contributed by atoms with Crippen molar-refractivity contribution in [2.45, 2.75) is 26.2 Å². The van der Waals surface area contributed by atoms with Gasteiger partial charge in [-0.25, -0.2) is 4.98 Å². The second-order valence-corrected chi connectivity index (χ2v) is 10.8. The number of hydrogen-bond acceptors (Lipinski definition) is 4. The van der Waals surface area contributed by atoms with Crippen LogP contribution >= 0.6 is 11.3 Å². The summed E-state index contributed by atoms with van der Waals surface area (Å²) in [6, 6.07) is 13.7. The summed E-state index contributed by atoms with van der Waals surface area (Å²) in [7, 11) is 0. The molecule has 0 radical (unpaired) electrons. The number of rotatable bonds is 7. The number of nitrogens with one attached hydrogen (secondary N) is 2. The fourth-order valence-corrected chi connectivity index (χ4v) is 6.07. The van der Waals surface area contributed by atoms with Gasteiger partial charge in [0.05, 0.1) is 11.4 Å². The van der Waals surface area contributed by atoms with E-state index in [0.717, 1.165) is 80.2 Å². The second kappa shape index (κ2) is 10.5. The predicted octanol–water partition coefficient (Wildman–Crippen LogP) is 7.98. The third-order valence-corrected chi connectivity index (χ3v) is 8.19. The van der Waals surface area contributed by atoms with Gasteiger partial charge in [0.2, 0.25) is 0 Å². The molecule has 1 saturated heterocycles. The molecule has 5 nitrogen and oxygen atoms in total. The number of fused-ring (bicyclic) bond motifs is 2. The summed E-state index contributed by atoms with van der Waals surface area (Å²) in [5.74, 6) is 0. The van der Waals surface area contributed by atoms with Crippen LogP contribution in [0.5, 0.6) is 0 Å². The normalized spacial score (nSPS) is 15.5. The van der Waals surface area contributed by atoms with Crippen molar-refractivity contribution in [1.29, 1.82) is 0 Å². The van der Waals surface area contributed by atoms with Crippen molar-refractivity contribution in [3.8, 4) is 21.8 Å². The van der Waals surface area contributed by atoms with E-state index < -0.39 is 0 Å². The molecule has 1 aliphatic heterocycles. The maximum atomic E-state index is 13.7. The molecule has 1 aromatic carbocycles. The Kier molecular flexibility index (Phi) is 6.79. The number of halogens is 1. The zero-order chi connectivity index (χ0) is 26.1. The second-order valence-electron chi connectivity index (χ2n) is 9.75. The minimum absolute atomic E-state index is 0.185. The Morgan fingerprint density at radius 2 is 2.00 bits per heavy atom. The Hall–Kier alpha value is -3.81. The SMILES string of the molecule is C=C/C(=C\C(=C/C)c1cnc2n[nH]c(-c3cc4c(-c5ccc(F)s5)cccc4[nH]3)c2c1)CN1CCCCC1. The molecule has 4 aromatic heterocycles. The van der Waals surface area contributed by atoms with E-state index >= 15 is 0 Å². The number of pyridine rings is 1. The molecule has 1 fully saturated rings. The van der Waals surface area contributed by atoms with Gasteiger partial charge in [0.1, 0.15) is 0 Å². The molecule has 0 spiro atoms. The number of piperidine rings is 1. The quantitative estimate of drug-likeness (QED) is 0.213. The van der Waals surface area contributed by atoms with E-state index in [0.29, 0.717) is 5.65 Å². The molecule has 5 aromatic rings. The summed E-state index contributed by atoms with van der Waals surface area (Å²) in [5.41, 5.74) is 7.81. The Bertz CT molecular complexity index is 1680. The number of aromatic nitrogens is 4. The Balaban J connectivity index is 1.36. The van der Waals surface area contributed by atoms with E-state index in [-0.39, 0.29) is 5.13 Å². The molecule has 5 heterocycles. The molecule has 38 heavy (non-hydrogen) atoms.